The van der Waals surface area contributed by atoms with E-state index >= 15 is 0 Å². The standard InChI is InChI=1S/C21H35NO2/c1-13-11-16-21(3,17(24-5)12-18(23)22(16)4)15-8-10-20(2)9-6-7-14(20)19(13)15/h13-17,19H,6-12H2,1-5H3/t13?,14-,15+,16?,17?,19-,20-,21+/m0/s1. The molecule has 0 aromatic rings. The van der Waals surface area contributed by atoms with E-state index in [9.17, 15) is 4.79 Å². The largest absolute Gasteiger partial charge is 0.380 e. The molecule has 1 aliphatic heterocycles. The topological polar surface area (TPSA) is 29.5 Å². The van der Waals surface area contributed by atoms with Crippen LogP contribution in [0.2, 0.25) is 0 Å². The van der Waals surface area contributed by atoms with Crippen molar-refractivity contribution < 1.29 is 9.53 Å². The molecule has 24 heavy (non-hydrogen) atoms. The first-order chi connectivity index (χ1) is 11.3. The Morgan fingerprint density at radius 3 is 2.62 bits per heavy atom. The Balaban J connectivity index is 1.75. The average Bonchev–Trinajstić information content (AvgIpc) is 2.94. The fraction of sp³-hybridized carbons (Fsp3) is 0.952. The van der Waals surface area contributed by atoms with Gasteiger partial charge in [0.2, 0.25) is 5.91 Å². The SMILES string of the molecule is COC1CC(=O)N(C)C2CC(C)[C@@H]3[C@@H](CC[C@]4(C)CCC[C@@H]34)[C@@]12C. The fourth-order valence-electron chi connectivity index (χ4n) is 7.78. The maximum atomic E-state index is 12.5. The molecule has 3 unspecified atom stereocenters. The van der Waals surface area contributed by atoms with Crippen LogP contribution in [0.3, 0.4) is 0 Å². The summed E-state index contributed by atoms with van der Waals surface area (Å²) >= 11 is 0. The van der Waals surface area contributed by atoms with Gasteiger partial charge in [0.25, 0.3) is 0 Å². The lowest BCUT2D eigenvalue weighted by molar-refractivity contribution is -0.199. The molecular formula is C21H35NO2. The van der Waals surface area contributed by atoms with Gasteiger partial charge in [-0.25, -0.2) is 0 Å². The van der Waals surface area contributed by atoms with Gasteiger partial charge < -0.3 is 9.64 Å². The van der Waals surface area contributed by atoms with Crippen molar-refractivity contribution in [2.45, 2.75) is 77.9 Å². The normalized spacial score (nSPS) is 54.2. The lowest BCUT2D eigenvalue weighted by Crippen LogP contribution is -2.68. The van der Waals surface area contributed by atoms with Gasteiger partial charge in [-0.2, -0.15) is 0 Å². The summed E-state index contributed by atoms with van der Waals surface area (Å²) in [6.45, 7) is 7.48. The van der Waals surface area contributed by atoms with Crippen LogP contribution in [-0.2, 0) is 9.53 Å². The molecule has 0 spiro atoms. The van der Waals surface area contributed by atoms with Gasteiger partial charge >= 0.3 is 0 Å². The highest BCUT2D eigenvalue weighted by atomic mass is 16.5. The molecule has 0 aromatic heterocycles. The molecule has 3 nitrogen and oxygen atoms in total. The van der Waals surface area contributed by atoms with E-state index in [1.165, 1.54) is 32.1 Å². The van der Waals surface area contributed by atoms with Gasteiger partial charge in [0.15, 0.2) is 0 Å². The number of likely N-dealkylation sites (tertiary alicyclic amines) is 1. The Kier molecular flexibility index (Phi) is 3.84. The number of amides is 1. The molecule has 4 rings (SSSR count). The molecule has 3 aliphatic carbocycles. The van der Waals surface area contributed by atoms with Crippen molar-refractivity contribution in [2.24, 2.45) is 34.5 Å². The first-order valence-corrected chi connectivity index (χ1v) is 10.1. The van der Waals surface area contributed by atoms with E-state index in [1.807, 2.05) is 14.2 Å². The van der Waals surface area contributed by atoms with Gasteiger partial charge in [-0.3, -0.25) is 4.79 Å². The van der Waals surface area contributed by atoms with E-state index in [2.05, 4.69) is 25.7 Å². The van der Waals surface area contributed by atoms with E-state index in [4.69, 9.17) is 4.74 Å². The second-order valence-electron chi connectivity index (χ2n) is 9.90. The van der Waals surface area contributed by atoms with Crippen LogP contribution >= 0.6 is 0 Å². The van der Waals surface area contributed by atoms with Crippen LogP contribution in [0.15, 0.2) is 0 Å². The summed E-state index contributed by atoms with van der Waals surface area (Å²) in [6, 6.07) is 0.353. The first kappa shape index (κ1) is 16.9. The zero-order chi connectivity index (χ0) is 17.3. The van der Waals surface area contributed by atoms with Crippen molar-refractivity contribution in [3.63, 3.8) is 0 Å². The van der Waals surface area contributed by atoms with Gasteiger partial charge in [-0.15, -0.1) is 0 Å². The smallest absolute Gasteiger partial charge is 0.225 e. The predicted molar refractivity (Wildman–Crippen MR) is 95.5 cm³/mol. The first-order valence-electron chi connectivity index (χ1n) is 10.1. The number of nitrogens with zero attached hydrogens (tertiary/aromatic N) is 1. The Labute approximate surface area is 147 Å². The molecule has 4 fully saturated rings. The third kappa shape index (κ3) is 2.03. The molecule has 0 radical (unpaired) electrons. The van der Waals surface area contributed by atoms with Crippen LogP contribution in [0.4, 0.5) is 0 Å². The number of rotatable bonds is 1. The number of ether oxygens (including phenoxy) is 1. The number of piperidine rings is 1. The molecule has 1 heterocycles. The number of hydrogen-bond acceptors (Lipinski definition) is 2. The molecule has 3 saturated carbocycles. The highest BCUT2D eigenvalue weighted by Crippen LogP contribution is 2.66. The van der Waals surface area contributed by atoms with Crippen molar-refractivity contribution in [1.29, 1.82) is 0 Å². The molecule has 3 heteroatoms. The molecule has 1 saturated heterocycles. The lowest BCUT2D eigenvalue weighted by atomic mass is 9.44. The Bertz CT molecular complexity index is 534. The predicted octanol–water partition coefficient (Wildman–Crippen LogP) is 4.11. The fourth-order valence-corrected chi connectivity index (χ4v) is 7.78. The van der Waals surface area contributed by atoms with Gasteiger partial charge in [0.1, 0.15) is 0 Å². The van der Waals surface area contributed by atoms with E-state index in [1.54, 1.807) is 0 Å². The van der Waals surface area contributed by atoms with Crippen molar-refractivity contribution in [3.8, 4) is 0 Å². The summed E-state index contributed by atoms with van der Waals surface area (Å²) in [5.41, 5.74) is 0.704. The monoisotopic (exact) mass is 333 g/mol. The van der Waals surface area contributed by atoms with Crippen LogP contribution in [-0.4, -0.2) is 37.1 Å². The molecule has 0 N–H and O–H groups in total. The Hall–Kier alpha value is -0.570. The summed E-state index contributed by atoms with van der Waals surface area (Å²) in [4.78, 5) is 14.6. The van der Waals surface area contributed by atoms with Gasteiger partial charge in [0.05, 0.1) is 12.5 Å². The number of hydrogen-bond donors (Lipinski definition) is 0. The second-order valence-corrected chi connectivity index (χ2v) is 9.90. The second kappa shape index (κ2) is 5.46. The van der Waals surface area contributed by atoms with Crippen LogP contribution in [0.5, 0.6) is 0 Å². The highest BCUT2D eigenvalue weighted by molar-refractivity contribution is 5.78. The highest BCUT2D eigenvalue weighted by Gasteiger charge is 2.63. The minimum atomic E-state index is 0.0944. The van der Waals surface area contributed by atoms with Gasteiger partial charge in [0, 0.05) is 25.6 Å². The Morgan fingerprint density at radius 2 is 1.92 bits per heavy atom. The third-order valence-electron chi connectivity index (χ3n) is 9.08. The summed E-state index contributed by atoms with van der Waals surface area (Å²) in [5.74, 6) is 3.43. The molecule has 1 amide bonds. The van der Waals surface area contributed by atoms with Crippen molar-refractivity contribution in [2.75, 3.05) is 14.2 Å². The maximum absolute atomic E-state index is 12.5. The molecular weight excluding hydrogens is 298 g/mol. The minimum Gasteiger partial charge on any atom is -0.380 e. The van der Waals surface area contributed by atoms with E-state index < -0.39 is 0 Å². The van der Waals surface area contributed by atoms with E-state index in [0.717, 1.165) is 24.2 Å². The minimum absolute atomic E-state index is 0.0944. The summed E-state index contributed by atoms with van der Waals surface area (Å²) < 4.78 is 5.96. The average molecular weight is 334 g/mol. The molecule has 4 aliphatic rings. The van der Waals surface area contributed by atoms with Crippen LogP contribution in [0, 0.1) is 34.5 Å². The number of methoxy groups -OCH3 is 1. The van der Waals surface area contributed by atoms with Crippen LogP contribution < -0.4 is 0 Å². The maximum Gasteiger partial charge on any atom is 0.225 e. The Morgan fingerprint density at radius 1 is 1.17 bits per heavy atom. The van der Waals surface area contributed by atoms with Crippen LogP contribution in [0.25, 0.3) is 0 Å². The summed E-state index contributed by atoms with van der Waals surface area (Å²) in [7, 11) is 3.85. The zero-order valence-electron chi connectivity index (χ0n) is 16.2. The van der Waals surface area contributed by atoms with Crippen molar-refractivity contribution >= 4 is 5.91 Å². The van der Waals surface area contributed by atoms with Gasteiger partial charge in [-0.1, -0.05) is 27.2 Å². The number of carbonyl (C=O) groups is 1. The number of fused-ring (bicyclic) bond motifs is 5. The summed E-state index contributed by atoms with van der Waals surface area (Å²) in [5, 5.41) is 0. The van der Waals surface area contributed by atoms with Crippen molar-refractivity contribution in [1.82, 2.24) is 4.90 Å². The summed E-state index contributed by atoms with van der Waals surface area (Å²) in [6.07, 6.45) is 8.81. The molecule has 0 aromatic carbocycles. The van der Waals surface area contributed by atoms with Crippen molar-refractivity contribution in [3.05, 3.63) is 0 Å². The lowest BCUT2D eigenvalue weighted by Gasteiger charge is -2.64. The molecule has 0 bridgehead atoms. The number of carbonyl (C=O) groups excluding carboxylic acids is 1. The third-order valence-corrected chi connectivity index (χ3v) is 9.08. The molecule has 136 valence electrons. The van der Waals surface area contributed by atoms with Gasteiger partial charge in [-0.05, 0) is 61.2 Å². The molecule has 8 atom stereocenters. The van der Waals surface area contributed by atoms with E-state index in [0.29, 0.717) is 23.8 Å². The zero-order valence-corrected chi connectivity index (χ0v) is 16.2. The van der Waals surface area contributed by atoms with Crippen LogP contribution in [0.1, 0.15) is 65.7 Å². The van der Waals surface area contributed by atoms with E-state index in [-0.39, 0.29) is 17.4 Å². The quantitative estimate of drug-likeness (QED) is 0.723.